The molecule has 0 aliphatic carbocycles. The summed E-state index contributed by atoms with van der Waals surface area (Å²) in [6.07, 6.45) is 2.36. The van der Waals surface area contributed by atoms with E-state index in [0.29, 0.717) is 6.42 Å². The van der Waals surface area contributed by atoms with Gasteiger partial charge < -0.3 is 20.6 Å². The fourth-order valence-corrected chi connectivity index (χ4v) is 1.05. The summed E-state index contributed by atoms with van der Waals surface area (Å²) < 4.78 is 0. The Morgan fingerprint density at radius 2 is 1.80 bits per heavy atom. The number of carbonyl (C=O) groups is 1. The van der Waals surface area contributed by atoms with Gasteiger partial charge in [0.2, 0.25) is 5.91 Å². The molecule has 0 aromatic heterocycles. The smallest absolute Gasteiger partial charge is 0.220 e. The first-order valence-electron chi connectivity index (χ1n) is 5.23. The Hall–Kier alpha value is -0.650. The van der Waals surface area contributed by atoms with Gasteiger partial charge >= 0.3 is 0 Å². The molecule has 0 aromatic rings. The molecule has 4 N–H and O–H groups in total. The molecule has 5 nitrogen and oxygen atoms in total. The zero-order chi connectivity index (χ0) is 11.7. The highest BCUT2D eigenvalue weighted by molar-refractivity contribution is 5.77. The second-order valence-corrected chi connectivity index (χ2v) is 3.78. The van der Waals surface area contributed by atoms with E-state index in [2.05, 4.69) is 5.32 Å². The first-order chi connectivity index (χ1) is 7.14. The summed E-state index contributed by atoms with van der Waals surface area (Å²) in [6.45, 7) is 2.24. The molecule has 1 fully saturated rings. The molecular weight excluding hydrogens is 198 g/mol. The van der Waals surface area contributed by atoms with Crippen molar-refractivity contribution in [1.82, 2.24) is 5.32 Å². The molecule has 1 rings (SSSR count). The number of aliphatic hydroxyl groups excluding tert-OH is 3. The largest absolute Gasteiger partial charge is 0.396 e. The zero-order valence-corrected chi connectivity index (χ0v) is 9.20. The molecule has 15 heavy (non-hydrogen) atoms. The third-order valence-corrected chi connectivity index (χ3v) is 2.66. The zero-order valence-electron chi connectivity index (χ0n) is 9.20. The van der Waals surface area contributed by atoms with E-state index in [4.69, 9.17) is 15.3 Å². The Morgan fingerprint density at radius 1 is 1.27 bits per heavy atom. The summed E-state index contributed by atoms with van der Waals surface area (Å²) in [4.78, 5) is 10.1. The van der Waals surface area contributed by atoms with Crippen LogP contribution in [0.15, 0.2) is 0 Å². The second-order valence-electron chi connectivity index (χ2n) is 3.78. The minimum Gasteiger partial charge on any atom is -0.396 e. The van der Waals surface area contributed by atoms with E-state index >= 15 is 0 Å². The molecule has 0 saturated carbocycles. The van der Waals surface area contributed by atoms with Crippen molar-refractivity contribution in [3.63, 3.8) is 0 Å². The summed E-state index contributed by atoms with van der Waals surface area (Å²) in [7, 11) is 0. The van der Waals surface area contributed by atoms with E-state index < -0.39 is 5.41 Å². The maximum Gasteiger partial charge on any atom is 0.220 e. The number of aliphatic hydroxyl groups is 3. The SMILES string of the molecule is CCC(CO)(CO)CO.O=C1CCCN1. The van der Waals surface area contributed by atoms with Crippen molar-refractivity contribution in [2.75, 3.05) is 26.4 Å². The van der Waals surface area contributed by atoms with Gasteiger partial charge in [0.25, 0.3) is 0 Å². The van der Waals surface area contributed by atoms with Gasteiger partial charge in [-0.3, -0.25) is 4.79 Å². The van der Waals surface area contributed by atoms with Crippen molar-refractivity contribution >= 4 is 5.91 Å². The number of amides is 1. The first-order valence-corrected chi connectivity index (χ1v) is 5.23. The molecule has 1 amide bonds. The van der Waals surface area contributed by atoms with Crippen LogP contribution in [0.4, 0.5) is 0 Å². The van der Waals surface area contributed by atoms with E-state index in [1.807, 2.05) is 6.92 Å². The van der Waals surface area contributed by atoms with Crippen molar-refractivity contribution in [3.05, 3.63) is 0 Å². The summed E-state index contributed by atoms with van der Waals surface area (Å²) in [5.74, 6) is 0.204. The highest BCUT2D eigenvalue weighted by atomic mass is 16.3. The van der Waals surface area contributed by atoms with Crippen LogP contribution in [-0.2, 0) is 4.79 Å². The predicted octanol–water partition coefficient (Wildman–Crippen LogP) is -0.744. The molecule has 0 unspecified atom stereocenters. The Bertz CT molecular complexity index is 155. The van der Waals surface area contributed by atoms with Crippen LogP contribution in [0.1, 0.15) is 26.2 Å². The van der Waals surface area contributed by atoms with Gasteiger partial charge in [0, 0.05) is 18.4 Å². The topological polar surface area (TPSA) is 89.8 Å². The third-order valence-electron chi connectivity index (χ3n) is 2.66. The van der Waals surface area contributed by atoms with E-state index in [9.17, 15) is 4.79 Å². The van der Waals surface area contributed by atoms with Crippen molar-refractivity contribution < 1.29 is 20.1 Å². The van der Waals surface area contributed by atoms with Crippen molar-refractivity contribution in [2.24, 2.45) is 5.41 Å². The number of rotatable bonds is 4. The second kappa shape index (κ2) is 7.62. The summed E-state index contributed by atoms with van der Waals surface area (Å²) in [5.41, 5.74) is -0.667. The monoisotopic (exact) mass is 219 g/mol. The lowest BCUT2D eigenvalue weighted by molar-refractivity contribution is -0.119. The van der Waals surface area contributed by atoms with Crippen LogP contribution in [0.25, 0.3) is 0 Å². The van der Waals surface area contributed by atoms with Crippen LogP contribution in [0, 0.1) is 5.41 Å². The van der Waals surface area contributed by atoms with Crippen molar-refractivity contribution in [1.29, 1.82) is 0 Å². The first kappa shape index (κ1) is 14.3. The number of carbonyl (C=O) groups excluding carboxylic acids is 1. The van der Waals surface area contributed by atoms with E-state index in [1.165, 1.54) is 0 Å². The highest BCUT2D eigenvalue weighted by Gasteiger charge is 2.24. The fraction of sp³-hybridized carbons (Fsp3) is 0.900. The lowest BCUT2D eigenvalue weighted by atomic mass is 9.88. The maximum absolute atomic E-state index is 10.1. The van der Waals surface area contributed by atoms with Gasteiger partial charge in [0.15, 0.2) is 0 Å². The van der Waals surface area contributed by atoms with Crippen LogP contribution in [0.2, 0.25) is 0 Å². The molecule has 1 saturated heterocycles. The minimum absolute atomic E-state index is 0.156. The van der Waals surface area contributed by atoms with Crippen LogP contribution in [0.5, 0.6) is 0 Å². The normalized spacial score (nSPS) is 15.6. The van der Waals surface area contributed by atoms with Gasteiger partial charge in [0.1, 0.15) is 0 Å². The molecule has 0 aromatic carbocycles. The molecule has 0 atom stereocenters. The van der Waals surface area contributed by atoms with E-state index in [1.54, 1.807) is 0 Å². The average Bonchev–Trinajstić information content (AvgIpc) is 2.74. The van der Waals surface area contributed by atoms with Gasteiger partial charge in [0.05, 0.1) is 19.8 Å². The Labute approximate surface area is 90.1 Å². The summed E-state index contributed by atoms with van der Waals surface area (Å²) in [6, 6.07) is 0. The predicted molar refractivity (Wildman–Crippen MR) is 56.2 cm³/mol. The lowest BCUT2D eigenvalue weighted by Crippen LogP contribution is -2.32. The molecule has 90 valence electrons. The van der Waals surface area contributed by atoms with Gasteiger partial charge in [-0.15, -0.1) is 0 Å². The molecule has 1 aliphatic rings. The molecule has 0 radical (unpaired) electrons. The molecule has 5 heteroatoms. The lowest BCUT2D eigenvalue weighted by Gasteiger charge is -2.24. The van der Waals surface area contributed by atoms with Crippen LogP contribution in [0.3, 0.4) is 0 Å². The number of nitrogens with one attached hydrogen (secondary N) is 1. The standard InChI is InChI=1S/C6H14O3.C4H7NO/c1-2-6(3-7,4-8)5-9;6-4-2-1-3-5-4/h7-9H,2-5H2,1H3;1-3H2,(H,5,6). The molecule has 0 spiro atoms. The van der Waals surface area contributed by atoms with Crippen LogP contribution in [-0.4, -0.2) is 47.6 Å². The van der Waals surface area contributed by atoms with Gasteiger partial charge in [-0.05, 0) is 12.8 Å². The van der Waals surface area contributed by atoms with Gasteiger partial charge in [-0.1, -0.05) is 6.92 Å². The third kappa shape index (κ3) is 5.11. The Morgan fingerprint density at radius 3 is 1.87 bits per heavy atom. The van der Waals surface area contributed by atoms with E-state index in [0.717, 1.165) is 19.4 Å². The van der Waals surface area contributed by atoms with Crippen molar-refractivity contribution in [3.8, 4) is 0 Å². The molecule has 1 heterocycles. The summed E-state index contributed by atoms with van der Waals surface area (Å²) >= 11 is 0. The van der Waals surface area contributed by atoms with Gasteiger partial charge in [-0.2, -0.15) is 0 Å². The Balaban J connectivity index is 0.000000280. The number of hydrogen-bond acceptors (Lipinski definition) is 4. The molecule has 0 bridgehead atoms. The van der Waals surface area contributed by atoms with E-state index in [-0.39, 0.29) is 25.7 Å². The van der Waals surface area contributed by atoms with Crippen LogP contribution >= 0.6 is 0 Å². The van der Waals surface area contributed by atoms with Crippen LogP contribution < -0.4 is 5.32 Å². The average molecular weight is 219 g/mol. The van der Waals surface area contributed by atoms with Gasteiger partial charge in [-0.25, -0.2) is 0 Å². The van der Waals surface area contributed by atoms with Crippen molar-refractivity contribution in [2.45, 2.75) is 26.2 Å². The number of hydrogen-bond donors (Lipinski definition) is 4. The maximum atomic E-state index is 10.1. The Kier molecular flexibility index (Phi) is 7.29. The molecular formula is C10H21NO4. The molecule has 1 aliphatic heterocycles. The fourth-order valence-electron chi connectivity index (χ4n) is 1.05. The highest BCUT2D eigenvalue weighted by Crippen LogP contribution is 2.18. The quantitative estimate of drug-likeness (QED) is 0.501. The summed E-state index contributed by atoms with van der Waals surface area (Å²) in [5, 5.41) is 28.7. The minimum atomic E-state index is -0.667.